The van der Waals surface area contributed by atoms with Crippen LogP contribution in [0.4, 0.5) is 0 Å². The molecule has 0 bridgehead atoms. The summed E-state index contributed by atoms with van der Waals surface area (Å²) < 4.78 is 4.80. The molecule has 0 aromatic carbocycles. The molecule has 25 heavy (non-hydrogen) atoms. The van der Waals surface area contributed by atoms with Crippen LogP contribution in [0.5, 0.6) is 0 Å². The van der Waals surface area contributed by atoms with E-state index in [9.17, 15) is 0 Å². The molecule has 0 saturated heterocycles. The van der Waals surface area contributed by atoms with Crippen molar-refractivity contribution in [3.8, 4) is 0 Å². The largest absolute Gasteiger partial charge is 0.256 e. The first-order valence-electron chi connectivity index (χ1n) is 11.3. The zero-order valence-corrected chi connectivity index (χ0v) is 17.6. The molecule has 146 valence electrons. The molecular weight excluding hydrogens is 304 g/mol. The molecule has 0 amide bonds. The predicted octanol–water partition coefficient (Wildman–Crippen LogP) is 6.75. The molecule has 0 unspecified atom stereocenters. The van der Waals surface area contributed by atoms with Gasteiger partial charge in [0.1, 0.15) is 12.4 Å². The molecule has 0 radical (unpaired) electrons. The maximum Gasteiger partial charge on any atom is 0.256 e. The van der Waals surface area contributed by atoms with Crippen molar-refractivity contribution in [2.45, 2.75) is 123 Å². The van der Waals surface area contributed by atoms with E-state index in [-0.39, 0.29) is 0 Å². The van der Waals surface area contributed by atoms with Crippen LogP contribution in [0.25, 0.3) is 0 Å². The Labute approximate surface area is 158 Å². The summed E-state index contributed by atoms with van der Waals surface area (Å²) in [7, 11) is 2.20. The molecular formula is C23H45N2+. The Morgan fingerprint density at radius 3 is 1.72 bits per heavy atom. The lowest BCUT2D eigenvalue weighted by atomic mass is 10.0. The third-order valence-corrected chi connectivity index (χ3v) is 5.47. The van der Waals surface area contributed by atoms with Gasteiger partial charge in [0.25, 0.3) is 5.82 Å². The summed E-state index contributed by atoms with van der Waals surface area (Å²) >= 11 is 0. The van der Waals surface area contributed by atoms with E-state index in [0.717, 1.165) is 0 Å². The van der Waals surface area contributed by atoms with Gasteiger partial charge in [0, 0.05) is 6.42 Å². The summed E-state index contributed by atoms with van der Waals surface area (Å²) in [5.74, 6) is 1.52. The molecule has 1 aromatic heterocycles. The van der Waals surface area contributed by atoms with E-state index >= 15 is 0 Å². The molecule has 0 saturated carbocycles. The fourth-order valence-electron chi connectivity index (χ4n) is 3.73. The van der Waals surface area contributed by atoms with Gasteiger partial charge in [0.2, 0.25) is 0 Å². The van der Waals surface area contributed by atoms with Crippen molar-refractivity contribution >= 4 is 0 Å². The van der Waals surface area contributed by atoms with Crippen LogP contribution in [0.15, 0.2) is 12.4 Å². The molecule has 0 aliphatic carbocycles. The fraction of sp³-hybridized carbons (Fsp3) is 0.870. The van der Waals surface area contributed by atoms with Crippen molar-refractivity contribution in [3.63, 3.8) is 0 Å². The van der Waals surface area contributed by atoms with Gasteiger partial charge in [-0.2, -0.15) is 0 Å². The summed E-state index contributed by atoms with van der Waals surface area (Å²) in [6, 6.07) is 0. The van der Waals surface area contributed by atoms with E-state index in [1.807, 2.05) is 0 Å². The average molecular weight is 350 g/mol. The second-order valence-corrected chi connectivity index (χ2v) is 7.86. The van der Waals surface area contributed by atoms with Crippen LogP contribution in [-0.2, 0) is 20.0 Å². The number of hydrogen-bond acceptors (Lipinski definition) is 0. The summed E-state index contributed by atoms with van der Waals surface area (Å²) in [5, 5.41) is 0. The number of unbranched alkanes of at least 4 members (excludes halogenated alkanes) is 13. The van der Waals surface area contributed by atoms with Gasteiger partial charge >= 0.3 is 0 Å². The molecule has 0 aliphatic heterocycles. The minimum absolute atomic E-state index is 1.20. The first-order valence-corrected chi connectivity index (χ1v) is 11.3. The van der Waals surface area contributed by atoms with Crippen molar-refractivity contribution in [3.05, 3.63) is 18.2 Å². The van der Waals surface area contributed by atoms with E-state index in [1.54, 1.807) is 0 Å². The number of aromatic nitrogens is 2. The fourth-order valence-corrected chi connectivity index (χ4v) is 3.73. The molecule has 0 fully saturated rings. The molecule has 2 heteroatoms. The highest BCUT2D eigenvalue weighted by molar-refractivity contribution is 4.84. The van der Waals surface area contributed by atoms with Crippen LogP contribution >= 0.6 is 0 Å². The normalized spacial score (nSPS) is 11.3. The lowest BCUT2D eigenvalue weighted by Gasteiger charge is -2.04. The summed E-state index contributed by atoms with van der Waals surface area (Å²) in [6.07, 6.45) is 26.9. The van der Waals surface area contributed by atoms with E-state index in [4.69, 9.17) is 0 Å². The molecule has 0 aliphatic rings. The molecule has 1 heterocycles. The Morgan fingerprint density at radius 2 is 1.16 bits per heavy atom. The van der Waals surface area contributed by atoms with Crippen LogP contribution in [0.1, 0.15) is 116 Å². The van der Waals surface area contributed by atoms with Gasteiger partial charge in [0.05, 0.1) is 13.6 Å². The summed E-state index contributed by atoms with van der Waals surface area (Å²) in [6.45, 7) is 5.77. The van der Waals surface area contributed by atoms with Crippen LogP contribution in [0.2, 0.25) is 0 Å². The quantitative estimate of drug-likeness (QED) is 0.217. The van der Waals surface area contributed by atoms with Crippen molar-refractivity contribution in [2.24, 2.45) is 7.05 Å². The number of hydrogen-bond donors (Lipinski definition) is 0. The molecule has 0 N–H and O–H groups in total. The SMILES string of the molecule is CCCCCCCCCCCCCCc1n(CCCCC)cc[n+]1C. The van der Waals surface area contributed by atoms with Crippen LogP contribution < -0.4 is 4.57 Å². The minimum atomic E-state index is 1.20. The summed E-state index contributed by atoms with van der Waals surface area (Å²) in [5.41, 5.74) is 0. The molecule has 1 aromatic rings. The number of rotatable bonds is 17. The molecule has 1 rings (SSSR count). The molecule has 0 atom stereocenters. The van der Waals surface area contributed by atoms with Gasteiger partial charge in [-0.25, -0.2) is 9.13 Å². The van der Waals surface area contributed by atoms with E-state index in [0.29, 0.717) is 0 Å². The third kappa shape index (κ3) is 10.7. The smallest absolute Gasteiger partial charge is 0.237 e. The van der Waals surface area contributed by atoms with Gasteiger partial charge in [-0.15, -0.1) is 0 Å². The Morgan fingerprint density at radius 1 is 0.680 bits per heavy atom. The minimum Gasteiger partial charge on any atom is -0.237 e. The highest BCUT2D eigenvalue weighted by Gasteiger charge is 2.13. The second kappa shape index (κ2) is 15.5. The first kappa shape index (κ1) is 22.3. The van der Waals surface area contributed by atoms with Crippen LogP contribution in [0, 0.1) is 0 Å². The Bertz CT molecular complexity index is 408. The lowest BCUT2D eigenvalue weighted by molar-refractivity contribution is -0.678. The molecule has 0 spiro atoms. The standard InChI is InChI=1S/C23H45N2/c1-4-6-8-9-10-11-12-13-14-15-16-17-19-23-24(3)21-22-25(23)20-18-7-5-2/h21-22H,4-20H2,1-3H3/q+1. The summed E-state index contributed by atoms with van der Waals surface area (Å²) in [4.78, 5) is 0. The number of aryl methyl sites for hydroxylation is 2. The van der Waals surface area contributed by atoms with Gasteiger partial charge in [-0.05, 0) is 19.3 Å². The topological polar surface area (TPSA) is 8.81 Å². The van der Waals surface area contributed by atoms with Gasteiger partial charge in [-0.3, -0.25) is 0 Å². The lowest BCUT2D eigenvalue weighted by Crippen LogP contribution is -2.32. The highest BCUT2D eigenvalue weighted by atomic mass is 15.1. The van der Waals surface area contributed by atoms with Gasteiger partial charge < -0.3 is 0 Å². The molecule has 2 nitrogen and oxygen atoms in total. The number of imidazole rings is 1. The maximum atomic E-state index is 2.48. The van der Waals surface area contributed by atoms with Crippen LogP contribution in [-0.4, -0.2) is 4.57 Å². The van der Waals surface area contributed by atoms with Crippen molar-refractivity contribution in [1.82, 2.24) is 4.57 Å². The average Bonchev–Trinajstić information content (AvgIpc) is 2.96. The zero-order chi connectivity index (χ0) is 18.2. The second-order valence-electron chi connectivity index (χ2n) is 7.86. The maximum absolute atomic E-state index is 2.48. The van der Waals surface area contributed by atoms with Crippen molar-refractivity contribution < 1.29 is 4.57 Å². The first-order chi connectivity index (χ1) is 12.3. The van der Waals surface area contributed by atoms with Gasteiger partial charge in [-0.1, -0.05) is 90.9 Å². The highest BCUT2D eigenvalue weighted by Crippen LogP contribution is 2.13. The monoisotopic (exact) mass is 349 g/mol. The van der Waals surface area contributed by atoms with E-state index in [2.05, 4.69) is 42.4 Å². The predicted molar refractivity (Wildman–Crippen MR) is 110 cm³/mol. The zero-order valence-electron chi connectivity index (χ0n) is 17.6. The van der Waals surface area contributed by atoms with Crippen molar-refractivity contribution in [1.29, 1.82) is 0 Å². The van der Waals surface area contributed by atoms with Crippen LogP contribution in [0.3, 0.4) is 0 Å². The van der Waals surface area contributed by atoms with E-state index in [1.165, 1.54) is 115 Å². The van der Waals surface area contributed by atoms with E-state index < -0.39 is 0 Å². The van der Waals surface area contributed by atoms with Gasteiger partial charge in [0.15, 0.2) is 0 Å². The number of nitrogens with zero attached hydrogens (tertiary/aromatic N) is 2. The Kier molecular flexibility index (Phi) is 13.8. The van der Waals surface area contributed by atoms with Crippen molar-refractivity contribution in [2.75, 3.05) is 0 Å². The Hall–Kier alpha value is -0.790. The Balaban J connectivity index is 2.00. The third-order valence-electron chi connectivity index (χ3n) is 5.47.